The molecular weight excluding hydrogens is 338 g/mol. The number of aryl methyl sites for hydroxylation is 1. The Bertz CT molecular complexity index is 916. The fourth-order valence-corrected chi connectivity index (χ4v) is 3.62. The molecule has 118 valence electrons. The average Bonchev–Trinajstić information content (AvgIpc) is 3.10. The summed E-state index contributed by atoms with van der Waals surface area (Å²) in [4.78, 5) is 24.2. The number of rotatable bonds is 3. The zero-order valence-electron chi connectivity index (χ0n) is 12.3. The molecule has 3 rings (SSSR count). The smallest absolute Gasteiger partial charge is 0.349 e. The Balaban J connectivity index is 1.93. The second-order valence-corrected chi connectivity index (χ2v) is 6.17. The summed E-state index contributed by atoms with van der Waals surface area (Å²) in [6, 6.07) is 6.90. The third-order valence-electron chi connectivity index (χ3n) is 3.31. The largest absolute Gasteiger partial charge is 0.465 e. The topological polar surface area (TPSA) is 73.2 Å². The quantitative estimate of drug-likeness (QED) is 0.736. The third-order valence-corrected chi connectivity index (χ3v) is 4.95. The minimum absolute atomic E-state index is 0.264. The lowest BCUT2D eigenvalue weighted by molar-refractivity contribution is 0.0606. The van der Waals surface area contributed by atoms with Gasteiger partial charge in [-0.05, 0) is 24.3 Å². The van der Waals surface area contributed by atoms with Crippen LogP contribution in [0.1, 0.15) is 20.2 Å². The van der Waals surface area contributed by atoms with Crippen LogP contribution >= 0.6 is 22.9 Å². The molecule has 1 amide bonds. The first kappa shape index (κ1) is 15.5. The number of hydrogen-bond donors (Lipinski definition) is 1. The molecule has 0 unspecified atom stereocenters. The molecule has 23 heavy (non-hydrogen) atoms. The highest BCUT2D eigenvalue weighted by molar-refractivity contribution is 7.21. The van der Waals surface area contributed by atoms with Gasteiger partial charge in [-0.2, -0.15) is 5.10 Å². The molecule has 0 aliphatic carbocycles. The summed E-state index contributed by atoms with van der Waals surface area (Å²) in [6.45, 7) is 0. The van der Waals surface area contributed by atoms with Crippen LogP contribution < -0.4 is 5.32 Å². The van der Waals surface area contributed by atoms with Crippen molar-refractivity contribution < 1.29 is 14.3 Å². The van der Waals surface area contributed by atoms with Gasteiger partial charge in [-0.1, -0.05) is 11.6 Å². The Hall–Kier alpha value is -2.38. The summed E-state index contributed by atoms with van der Waals surface area (Å²) in [5, 5.41) is 7.87. The number of thiophene rings is 1. The van der Waals surface area contributed by atoms with Crippen LogP contribution in [-0.4, -0.2) is 28.8 Å². The number of carbonyl (C=O) groups is 2. The number of nitrogens with zero attached hydrogens (tertiary/aromatic N) is 2. The Kier molecular flexibility index (Phi) is 4.06. The maximum absolute atomic E-state index is 12.2. The lowest BCUT2D eigenvalue weighted by Crippen LogP contribution is -2.15. The van der Waals surface area contributed by atoms with Crippen LogP contribution in [0.5, 0.6) is 0 Å². The summed E-state index contributed by atoms with van der Waals surface area (Å²) in [5.74, 6) is -0.739. The van der Waals surface area contributed by atoms with Crippen molar-refractivity contribution in [3.05, 3.63) is 46.1 Å². The fraction of sp³-hybridized carbons (Fsp3) is 0.133. The highest BCUT2D eigenvalue weighted by atomic mass is 35.5. The highest BCUT2D eigenvalue weighted by Gasteiger charge is 2.18. The number of esters is 1. The normalized spacial score (nSPS) is 10.7. The van der Waals surface area contributed by atoms with Gasteiger partial charge in [-0.25, -0.2) is 4.79 Å². The van der Waals surface area contributed by atoms with Crippen molar-refractivity contribution in [2.24, 2.45) is 7.05 Å². The van der Waals surface area contributed by atoms with E-state index in [2.05, 4.69) is 10.4 Å². The fourth-order valence-electron chi connectivity index (χ4n) is 2.16. The second kappa shape index (κ2) is 6.02. The van der Waals surface area contributed by atoms with Crippen LogP contribution in [0.15, 0.2) is 30.5 Å². The van der Waals surface area contributed by atoms with Crippen LogP contribution in [0.4, 0.5) is 5.69 Å². The van der Waals surface area contributed by atoms with Crippen LogP contribution in [0.2, 0.25) is 5.02 Å². The van der Waals surface area contributed by atoms with E-state index >= 15 is 0 Å². The SMILES string of the molecule is COC(=O)c1sc2cc(NC(=O)c3ccnn3C)ccc2c1Cl. The number of nitrogens with one attached hydrogen (secondary N) is 1. The predicted molar refractivity (Wildman–Crippen MR) is 89.3 cm³/mol. The first-order valence-corrected chi connectivity index (χ1v) is 7.80. The standard InChI is InChI=1S/C15H12ClN3O3S/c1-19-10(5-6-17-19)14(20)18-8-3-4-9-11(7-8)23-13(12(9)16)15(21)22-2/h3-7H,1-2H3,(H,18,20). The number of carbonyl (C=O) groups excluding carboxylic acids is 2. The minimum Gasteiger partial charge on any atom is -0.465 e. The van der Waals surface area contributed by atoms with E-state index in [1.165, 1.54) is 23.1 Å². The van der Waals surface area contributed by atoms with E-state index in [1.807, 2.05) is 0 Å². The zero-order chi connectivity index (χ0) is 16.6. The molecule has 0 fully saturated rings. The maximum Gasteiger partial charge on any atom is 0.349 e. The zero-order valence-corrected chi connectivity index (χ0v) is 13.9. The van der Waals surface area contributed by atoms with E-state index in [0.29, 0.717) is 21.3 Å². The van der Waals surface area contributed by atoms with Gasteiger partial charge in [0, 0.05) is 29.0 Å². The summed E-state index contributed by atoms with van der Waals surface area (Å²) in [6.07, 6.45) is 1.56. The number of halogens is 1. The summed E-state index contributed by atoms with van der Waals surface area (Å²) in [7, 11) is 3.00. The van der Waals surface area contributed by atoms with E-state index in [0.717, 1.165) is 10.1 Å². The first-order chi connectivity index (χ1) is 11.0. The molecule has 8 heteroatoms. The Morgan fingerprint density at radius 3 is 2.78 bits per heavy atom. The molecule has 1 aromatic carbocycles. The van der Waals surface area contributed by atoms with Crippen molar-refractivity contribution >= 4 is 50.6 Å². The van der Waals surface area contributed by atoms with E-state index in [-0.39, 0.29) is 5.91 Å². The molecule has 0 aliphatic rings. The van der Waals surface area contributed by atoms with E-state index in [4.69, 9.17) is 16.3 Å². The van der Waals surface area contributed by atoms with E-state index in [9.17, 15) is 9.59 Å². The van der Waals surface area contributed by atoms with E-state index in [1.54, 1.807) is 37.5 Å². The highest BCUT2D eigenvalue weighted by Crippen LogP contribution is 2.37. The number of benzene rings is 1. The number of methoxy groups -OCH3 is 1. The summed E-state index contributed by atoms with van der Waals surface area (Å²) in [5.41, 5.74) is 1.06. The van der Waals surface area contributed by atoms with Gasteiger partial charge in [-0.15, -0.1) is 11.3 Å². The second-order valence-electron chi connectivity index (χ2n) is 4.74. The molecule has 6 nitrogen and oxygen atoms in total. The lowest BCUT2D eigenvalue weighted by Gasteiger charge is -2.05. The number of amides is 1. The minimum atomic E-state index is -0.475. The molecule has 3 aromatic rings. The van der Waals surface area contributed by atoms with Gasteiger partial charge in [0.2, 0.25) is 0 Å². The molecule has 0 atom stereocenters. The first-order valence-electron chi connectivity index (χ1n) is 6.61. The molecule has 0 bridgehead atoms. The van der Waals surface area contributed by atoms with E-state index < -0.39 is 5.97 Å². The van der Waals surface area contributed by atoms with Crippen molar-refractivity contribution in [2.75, 3.05) is 12.4 Å². The molecule has 0 saturated carbocycles. The molecule has 2 heterocycles. The number of fused-ring (bicyclic) bond motifs is 1. The van der Waals surface area contributed by atoms with Crippen molar-refractivity contribution in [1.82, 2.24) is 9.78 Å². The van der Waals surface area contributed by atoms with Gasteiger partial charge in [0.25, 0.3) is 5.91 Å². The summed E-state index contributed by atoms with van der Waals surface area (Å²) < 4.78 is 6.99. The number of aromatic nitrogens is 2. The number of anilines is 1. The van der Waals surface area contributed by atoms with Crippen molar-refractivity contribution in [3.8, 4) is 0 Å². The Labute approximate surface area is 140 Å². The van der Waals surface area contributed by atoms with Crippen LogP contribution in [0, 0.1) is 0 Å². The van der Waals surface area contributed by atoms with Gasteiger partial charge >= 0.3 is 5.97 Å². The molecule has 2 aromatic heterocycles. The van der Waals surface area contributed by atoms with Gasteiger partial charge in [-0.3, -0.25) is 9.48 Å². The van der Waals surface area contributed by atoms with Gasteiger partial charge in [0.05, 0.1) is 12.1 Å². The molecular formula is C15H12ClN3O3S. The van der Waals surface area contributed by atoms with Crippen molar-refractivity contribution in [2.45, 2.75) is 0 Å². The van der Waals surface area contributed by atoms with Crippen LogP contribution in [0.25, 0.3) is 10.1 Å². The van der Waals surface area contributed by atoms with Gasteiger partial charge in [0.1, 0.15) is 10.6 Å². The molecule has 0 radical (unpaired) electrons. The lowest BCUT2D eigenvalue weighted by atomic mass is 10.2. The van der Waals surface area contributed by atoms with Crippen molar-refractivity contribution in [3.63, 3.8) is 0 Å². The maximum atomic E-state index is 12.2. The van der Waals surface area contributed by atoms with Gasteiger partial charge < -0.3 is 10.1 Å². The molecule has 0 aliphatic heterocycles. The predicted octanol–water partition coefficient (Wildman–Crippen LogP) is 3.33. The average molecular weight is 350 g/mol. The number of ether oxygens (including phenoxy) is 1. The number of hydrogen-bond acceptors (Lipinski definition) is 5. The Morgan fingerprint density at radius 2 is 2.13 bits per heavy atom. The van der Waals surface area contributed by atoms with Gasteiger partial charge in [0.15, 0.2) is 0 Å². The Morgan fingerprint density at radius 1 is 1.35 bits per heavy atom. The third kappa shape index (κ3) is 2.80. The monoisotopic (exact) mass is 349 g/mol. The molecule has 0 spiro atoms. The van der Waals surface area contributed by atoms with Crippen molar-refractivity contribution in [1.29, 1.82) is 0 Å². The molecule has 0 saturated heterocycles. The molecule has 1 N–H and O–H groups in total. The summed E-state index contributed by atoms with van der Waals surface area (Å²) >= 11 is 7.42. The van der Waals surface area contributed by atoms with Crippen LogP contribution in [-0.2, 0) is 11.8 Å². The van der Waals surface area contributed by atoms with Crippen LogP contribution in [0.3, 0.4) is 0 Å².